The van der Waals surface area contributed by atoms with Crippen molar-refractivity contribution in [3.05, 3.63) is 107 Å². The van der Waals surface area contributed by atoms with Gasteiger partial charge in [0.05, 0.1) is 28.8 Å². The zero-order valence-corrected chi connectivity index (χ0v) is 25.8. The molecule has 4 aromatic carbocycles. The van der Waals surface area contributed by atoms with Gasteiger partial charge in [0.1, 0.15) is 30.4 Å². The average molecular weight is 590 g/mol. The molecule has 1 heterocycles. The standard InChI is InChI=1S/C36H39N5O3/c1-39(2)20-19-37-27-15-16-28-32-31(27)36(42)34-30(44-24-26-13-9-6-10-14-26)18-17-29(43-23-25-11-7-5-8-12-25)33(34)35(32)38-41(28)22-21-40(3)4/h5-18,37H,19-24H2,1-4H3. The summed E-state index contributed by atoms with van der Waals surface area (Å²) in [6, 6.07) is 27.9. The Labute approximate surface area is 258 Å². The lowest BCUT2D eigenvalue weighted by Crippen LogP contribution is -2.22. The van der Waals surface area contributed by atoms with Crippen LogP contribution in [-0.4, -0.2) is 73.2 Å². The van der Waals surface area contributed by atoms with E-state index in [1.807, 2.05) is 112 Å². The topological polar surface area (TPSA) is 71.9 Å². The highest BCUT2D eigenvalue weighted by atomic mass is 16.5. The summed E-state index contributed by atoms with van der Waals surface area (Å²) in [6.45, 7) is 3.74. The molecule has 0 amide bonds. The molecule has 1 aliphatic carbocycles. The Kier molecular flexibility index (Phi) is 8.63. The molecule has 8 heteroatoms. The van der Waals surface area contributed by atoms with E-state index in [0.29, 0.717) is 54.5 Å². The molecule has 1 N–H and O–H groups in total. The number of carbonyl (C=O) groups is 1. The molecule has 0 unspecified atom stereocenters. The molecule has 0 spiro atoms. The summed E-state index contributed by atoms with van der Waals surface area (Å²) in [5.41, 5.74) is 6.34. The molecule has 0 radical (unpaired) electrons. The lowest BCUT2D eigenvalue weighted by molar-refractivity contribution is 0.103. The van der Waals surface area contributed by atoms with Crippen molar-refractivity contribution in [2.45, 2.75) is 19.8 Å². The number of nitrogens with zero attached hydrogens (tertiary/aromatic N) is 4. The number of rotatable bonds is 13. The number of anilines is 1. The van der Waals surface area contributed by atoms with Crippen molar-refractivity contribution >= 4 is 22.4 Å². The summed E-state index contributed by atoms with van der Waals surface area (Å²) in [5, 5.41) is 9.53. The van der Waals surface area contributed by atoms with Crippen LogP contribution in [0.3, 0.4) is 0 Å². The SMILES string of the molecule is CN(C)CCNc1ccc2c3c(nn2CCN(C)C)-c2c(OCc4ccccc4)ccc(OCc4ccccc4)c2C(=O)c13. The van der Waals surface area contributed by atoms with Gasteiger partial charge in [-0.3, -0.25) is 9.48 Å². The number of aromatic nitrogens is 2. The summed E-state index contributed by atoms with van der Waals surface area (Å²) >= 11 is 0. The van der Waals surface area contributed by atoms with Crippen LogP contribution in [0.1, 0.15) is 27.0 Å². The molecule has 0 aliphatic heterocycles. The van der Waals surface area contributed by atoms with Gasteiger partial charge >= 0.3 is 0 Å². The lowest BCUT2D eigenvalue weighted by Gasteiger charge is -2.23. The second kappa shape index (κ2) is 12.9. The summed E-state index contributed by atoms with van der Waals surface area (Å²) in [4.78, 5) is 19.0. The Morgan fingerprint density at radius 2 is 1.30 bits per heavy atom. The van der Waals surface area contributed by atoms with Crippen LogP contribution in [0.15, 0.2) is 84.9 Å². The largest absolute Gasteiger partial charge is 0.488 e. The first-order valence-electron chi connectivity index (χ1n) is 15.0. The maximum absolute atomic E-state index is 14.7. The minimum atomic E-state index is -0.0918. The normalized spacial score (nSPS) is 12.2. The molecule has 226 valence electrons. The molecule has 0 bridgehead atoms. The third-order valence-electron chi connectivity index (χ3n) is 7.85. The van der Waals surface area contributed by atoms with E-state index in [0.717, 1.165) is 46.5 Å². The van der Waals surface area contributed by atoms with E-state index >= 15 is 0 Å². The van der Waals surface area contributed by atoms with Crippen molar-refractivity contribution < 1.29 is 14.3 Å². The maximum atomic E-state index is 14.7. The van der Waals surface area contributed by atoms with Gasteiger partial charge in [-0.15, -0.1) is 0 Å². The smallest absolute Gasteiger partial charge is 0.200 e. The zero-order chi connectivity index (χ0) is 30.6. The van der Waals surface area contributed by atoms with Gasteiger partial charge in [0.2, 0.25) is 0 Å². The van der Waals surface area contributed by atoms with Crippen LogP contribution in [0.4, 0.5) is 5.69 Å². The van der Waals surface area contributed by atoms with Crippen LogP contribution in [0.25, 0.3) is 22.2 Å². The number of hydrogen-bond donors (Lipinski definition) is 1. The molecular formula is C36H39N5O3. The number of ether oxygens (including phenoxy) is 2. The minimum absolute atomic E-state index is 0.0918. The predicted octanol–water partition coefficient (Wildman–Crippen LogP) is 5.94. The first kappa shape index (κ1) is 29.4. The van der Waals surface area contributed by atoms with E-state index < -0.39 is 0 Å². The molecule has 0 atom stereocenters. The Bertz CT molecular complexity index is 1760. The zero-order valence-electron chi connectivity index (χ0n) is 25.8. The van der Waals surface area contributed by atoms with Crippen LogP contribution >= 0.6 is 0 Å². The molecule has 6 rings (SSSR count). The average Bonchev–Trinajstić information content (AvgIpc) is 3.40. The first-order valence-corrected chi connectivity index (χ1v) is 15.0. The van der Waals surface area contributed by atoms with E-state index in [4.69, 9.17) is 14.6 Å². The van der Waals surface area contributed by atoms with E-state index in [9.17, 15) is 4.79 Å². The Morgan fingerprint density at radius 1 is 0.705 bits per heavy atom. The van der Waals surface area contributed by atoms with Crippen LogP contribution in [0.2, 0.25) is 0 Å². The van der Waals surface area contributed by atoms with Crippen LogP contribution in [0.5, 0.6) is 11.5 Å². The van der Waals surface area contributed by atoms with E-state index in [1.165, 1.54) is 0 Å². The fraction of sp³-hybridized carbons (Fsp3) is 0.278. The van der Waals surface area contributed by atoms with Gasteiger partial charge in [-0.05, 0) is 63.6 Å². The molecular weight excluding hydrogens is 550 g/mol. The molecule has 0 fully saturated rings. The Hall–Kier alpha value is -4.66. The van der Waals surface area contributed by atoms with Crippen molar-refractivity contribution in [3.63, 3.8) is 0 Å². The number of nitrogens with one attached hydrogen (secondary N) is 1. The van der Waals surface area contributed by atoms with Crippen molar-refractivity contribution in [3.8, 4) is 22.8 Å². The van der Waals surface area contributed by atoms with Crippen LogP contribution in [-0.2, 0) is 19.8 Å². The van der Waals surface area contributed by atoms with Gasteiger partial charge in [0, 0.05) is 30.7 Å². The van der Waals surface area contributed by atoms with Crippen molar-refractivity contribution in [1.29, 1.82) is 0 Å². The maximum Gasteiger partial charge on any atom is 0.200 e. The van der Waals surface area contributed by atoms with Gasteiger partial charge in [0.15, 0.2) is 5.78 Å². The van der Waals surface area contributed by atoms with Gasteiger partial charge < -0.3 is 24.6 Å². The summed E-state index contributed by atoms with van der Waals surface area (Å²) in [5.74, 6) is 1.04. The summed E-state index contributed by atoms with van der Waals surface area (Å²) in [7, 11) is 8.17. The molecule has 8 nitrogen and oxygen atoms in total. The Morgan fingerprint density at radius 3 is 1.89 bits per heavy atom. The second-order valence-corrected chi connectivity index (χ2v) is 11.7. The molecule has 0 saturated heterocycles. The van der Waals surface area contributed by atoms with Gasteiger partial charge in [-0.2, -0.15) is 5.10 Å². The minimum Gasteiger partial charge on any atom is -0.488 e. The van der Waals surface area contributed by atoms with Gasteiger partial charge in [-0.25, -0.2) is 0 Å². The van der Waals surface area contributed by atoms with E-state index in [2.05, 4.69) is 21.2 Å². The fourth-order valence-electron chi connectivity index (χ4n) is 5.57. The molecule has 1 aromatic heterocycles. The quantitative estimate of drug-likeness (QED) is 0.179. The van der Waals surface area contributed by atoms with Gasteiger partial charge in [0.25, 0.3) is 0 Å². The number of likely N-dealkylation sites (N-methyl/N-ethyl adjacent to an activating group) is 2. The van der Waals surface area contributed by atoms with E-state index in [-0.39, 0.29) is 5.78 Å². The number of hydrogen-bond acceptors (Lipinski definition) is 7. The predicted molar refractivity (Wildman–Crippen MR) is 176 cm³/mol. The second-order valence-electron chi connectivity index (χ2n) is 11.7. The first-order chi connectivity index (χ1) is 21.4. The fourth-order valence-corrected chi connectivity index (χ4v) is 5.57. The molecule has 0 saturated carbocycles. The van der Waals surface area contributed by atoms with Crippen molar-refractivity contribution in [1.82, 2.24) is 19.6 Å². The van der Waals surface area contributed by atoms with Crippen LogP contribution in [0, 0.1) is 0 Å². The highest BCUT2D eigenvalue weighted by Crippen LogP contribution is 2.49. The van der Waals surface area contributed by atoms with Crippen LogP contribution < -0.4 is 14.8 Å². The third-order valence-corrected chi connectivity index (χ3v) is 7.85. The van der Waals surface area contributed by atoms with Gasteiger partial charge in [-0.1, -0.05) is 60.7 Å². The highest BCUT2D eigenvalue weighted by Gasteiger charge is 2.36. The highest BCUT2D eigenvalue weighted by molar-refractivity contribution is 6.29. The molecule has 44 heavy (non-hydrogen) atoms. The number of carbonyl (C=O) groups excluding carboxylic acids is 1. The number of benzene rings is 4. The monoisotopic (exact) mass is 589 g/mol. The lowest BCUT2D eigenvalue weighted by atomic mass is 9.85. The van der Waals surface area contributed by atoms with Crippen molar-refractivity contribution in [2.24, 2.45) is 0 Å². The Balaban J connectivity index is 1.51. The number of ketones is 1. The number of fused-ring (bicyclic) bond motifs is 2. The van der Waals surface area contributed by atoms with Crippen molar-refractivity contribution in [2.75, 3.05) is 53.1 Å². The molecule has 1 aliphatic rings. The van der Waals surface area contributed by atoms with E-state index in [1.54, 1.807) is 0 Å². The summed E-state index contributed by atoms with van der Waals surface area (Å²) in [6.07, 6.45) is 0. The summed E-state index contributed by atoms with van der Waals surface area (Å²) < 4.78 is 14.8. The third kappa shape index (κ3) is 6.04. The molecule has 5 aromatic rings.